The highest BCUT2D eigenvalue weighted by molar-refractivity contribution is 6.30. The molecule has 0 heterocycles. The molecule has 0 bridgehead atoms. The molecule has 0 N–H and O–H groups in total. The SMILES string of the molecule is CCc1[c]c(Cl)cc(C)c1. The minimum absolute atomic E-state index is 0.719. The van der Waals surface area contributed by atoms with Crippen LogP contribution in [0.3, 0.4) is 0 Å². The quantitative estimate of drug-likeness (QED) is 0.582. The molecule has 0 atom stereocenters. The Labute approximate surface area is 66.8 Å². The van der Waals surface area contributed by atoms with Crippen molar-refractivity contribution in [2.75, 3.05) is 0 Å². The van der Waals surface area contributed by atoms with Crippen molar-refractivity contribution in [2.45, 2.75) is 20.3 Å². The molecule has 0 nitrogen and oxygen atoms in total. The zero-order valence-electron chi connectivity index (χ0n) is 6.24. The highest BCUT2D eigenvalue weighted by Crippen LogP contribution is 2.13. The van der Waals surface area contributed by atoms with Gasteiger partial charge in [-0.3, -0.25) is 0 Å². The van der Waals surface area contributed by atoms with Crippen molar-refractivity contribution in [3.05, 3.63) is 34.3 Å². The van der Waals surface area contributed by atoms with Gasteiger partial charge in [0.1, 0.15) is 0 Å². The van der Waals surface area contributed by atoms with Crippen molar-refractivity contribution in [1.82, 2.24) is 0 Å². The van der Waals surface area contributed by atoms with Gasteiger partial charge in [0.15, 0.2) is 0 Å². The van der Waals surface area contributed by atoms with Gasteiger partial charge in [0, 0.05) is 11.1 Å². The maximum absolute atomic E-state index is 5.77. The largest absolute Gasteiger partial charge is 0.0836 e. The Bertz CT molecular complexity index is 208. The molecular formula is C9H10Cl. The fraction of sp³-hybridized carbons (Fsp3) is 0.333. The highest BCUT2D eigenvalue weighted by atomic mass is 35.5. The minimum Gasteiger partial charge on any atom is -0.0836 e. The normalized spacial score (nSPS) is 9.90. The topological polar surface area (TPSA) is 0 Å². The second-order valence-corrected chi connectivity index (χ2v) is 2.79. The fourth-order valence-electron chi connectivity index (χ4n) is 0.932. The molecule has 1 radical (unpaired) electrons. The summed E-state index contributed by atoms with van der Waals surface area (Å²) in [5.41, 5.74) is 2.39. The lowest BCUT2D eigenvalue weighted by molar-refractivity contribution is 1.13. The number of hydrogen-bond donors (Lipinski definition) is 0. The first-order chi connectivity index (χ1) is 4.72. The average molecular weight is 154 g/mol. The minimum atomic E-state index is 0.719. The van der Waals surface area contributed by atoms with Crippen molar-refractivity contribution in [3.63, 3.8) is 0 Å². The molecule has 0 aliphatic rings. The Morgan fingerprint density at radius 2 is 2.20 bits per heavy atom. The number of hydrogen-bond acceptors (Lipinski definition) is 0. The summed E-state index contributed by atoms with van der Waals surface area (Å²) in [5.74, 6) is 0. The molecule has 0 amide bonds. The molecule has 0 spiro atoms. The van der Waals surface area contributed by atoms with Gasteiger partial charge in [0.2, 0.25) is 0 Å². The summed E-state index contributed by atoms with van der Waals surface area (Å²) in [6.45, 7) is 4.14. The third-order valence-corrected chi connectivity index (χ3v) is 1.62. The zero-order valence-corrected chi connectivity index (χ0v) is 7.00. The molecule has 0 unspecified atom stereocenters. The first-order valence-corrected chi connectivity index (χ1v) is 3.78. The highest BCUT2D eigenvalue weighted by Gasteiger charge is 1.93. The summed E-state index contributed by atoms with van der Waals surface area (Å²) >= 11 is 5.77. The van der Waals surface area contributed by atoms with E-state index in [0.29, 0.717) is 0 Å². The van der Waals surface area contributed by atoms with Crippen molar-refractivity contribution >= 4 is 11.6 Å². The Balaban J connectivity index is 3.06. The van der Waals surface area contributed by atoms with Gasteiger partial charge in [-0.1, -0.05) is 24.6 Å². The second-order valence-electron chi connectivity index (χ2n) is 2.38. The van der Waals surface area contributed by atoms with Crippen molar-refractivity contribution in [2.24, 2.45) is 0 Å². The van der Waals surface area contributed by atoms with Crippen LogP contribution >= 0.6 is 11.6 Å². The number of halogens is 1. The van der Waals surface area contributed by atoms with Gasteiger partial charge in [-0.2, -0.15) is 0 Å². The van der Waals surface area contributed by atoms with Gasteiger partial charge in [-0.25, -0.2) is 0 Å². The molecule has 1 heteroatoms. The summed E-state index contributed by atoms with van der Waals surface area (Å²) in [4.78, 5) is 0. The van der Waals surface area contributed by atoms with Gasteiger partial charge < -0.3 is 0 Å². The van der Waals surface area contributed by atoms with E-state index in [4.69, 9.17) is 11.6 Å². The molecule has 1 rings (SSSR count). The van der Waals surface area contributed by atoms with Crippen LogP contribution < -0.4 is 0 Å². The van der Waals surface area contributed by atoms with E-state index < -0.39 is 0 Å². The summed E-state index contributed by atoms with van der Waals surface area (Å²) in [6, 6.07) is 7.08. The number of aryl methyl sites for hydroxylation is 2. The molecule has 0 saturated heterocycles. The van der Waals surface area contributed by atoms with Crippen LogP contribution in [0.4, 0.5) is 0 Å². The maximum atomic E-state index is 5.77. The van der Waals surface area contributed by atoms with E-state index in [1.807, 2.05) is 13.0 Å². The summed E-state index contributed by atoms with van der Waals surface area (Å²) in [5, 5.41) is 0.719. The van der Waals surface area contributed by atoms with Gasteiger partial charge >= 0.3 is 0 Å². The lowest BCUT2D eigenvalue weighted by Crippen LogP contribution is -1.81. The molecule has 0 aliphatic carbocycles. The van der Waals surface area contributed by atoms with Crippen molar-refractivity contribution in [1.29, 1.82) is 0 Å². The van der Waals surface area contributed by atoms with E-state index in [2.05, 4.69) is 19.1 Å². The van der Waals surface area contributed by atoms with E-state index in [-0.39, 0.29) is 0 Å². The van der Waals surface area contributed by atoms with E-state index in [1.165, 1.54) is 11.1 Å². The molecule has 0 saturated carbocycles. The molecule has 10 heavy (non-hydrogen) atoms. The van der Waals surface area contributed by atoms with Crippen LogP contribution in [0.5, 0.6) is 0 Å². The van der Waals surface area contributed by atoms with E-state index in [1.54, 1.807) is 0 Å². The van der Waals surface area contributed by atoms with Gasteiger partial charge in [-0.05, 0) is 30.5 Å². The van der Waals surface area contributed by atoms with Crippen LogP contribution in [0, 0.1) is 13.0 Å². The van der Waals surface area contributed by atoms with Crippen LogP contribution in [0.15, 0.2) is 12.1 Å². The smallest absolute Gasteiger partial charge is 0.0490 e. The Morgan fingerprint density at radius 1 is 1.50 bits per heavy atom. The summed E-state index contributed by atoms with van der Waals surface area (Å²) < 4.78 is 0. The van der Waals surface area contributed by atoms with Crippen molar-refractivity contribution in [3.8, 4) is 0 Å². The molecule has 1 aromatic carbocycles. The van der Waals surface area contributed by atoms with E-state index >= 15 is 0 Å². The molecular weight excluding hydrogens is 144 g/mol. The first kappa shape index (κ1) is 7.62. The Hall–Kier alpha value is -0.490. The third-order valence-electron chi connectivity index (χ3n) is 1.42. The van der Waals surface area contributed by atoms with E-state index in [0.717, 1.165) is 11.4 Å². The van der Waals surface area contributed by atoms with E-state index in [9.17, 15) is 0 Å². The van der Waals surface area contributed by atoms with Gasteiger partial charge in [0.05, 0.1) is 0 Å². The average Bonchev–Trinajstić information content (AvgIpc) is 1.85. The number of benzene rings is 1. The molecule has 0 aromatic heterocycles. The van der Waals surface area contributed by atoms with Crippen LogP contribution in [0.25, 0.3) is 0 Å². The fourth-order valence-corrected chi connectivity index (χ4v) is 1.23. The third kappa shape index (κ3) is 1.74. The van der Waals surface area contributed by atoms with Gasteiger partial charge in [0.25, 0.3) is 0 Å². The molecule has 0 fully saturated rings. The van der Waals surface area contributed by atoms with Crippen LogP contribution in [0.2, 0.25) is 5.02 Å². The second kappa shape index (κ2) is 3.07. The predicted octanol–water partition coefficient (Wildman–Crippen LogP) is 3.01. The Kier molecular flexibility index (Phi) is 2.34. The lowest BCUT2D eigenvalue weighted by atomic mass is 10.1. The Morgan fingerprint density at radius 3 is 2.70 bits per heavy atom. The van der Waals surface area contributed by atoms with Crippen LogP contribution in [-0.2, 0) is 6.42 Å². The lowest BCUT2D eigenvalue weighted by Gasteiger charge is -1.98. The standard InChI is InChI=1S/C9H10Cl/c1-3-8-4-7(2)5-9(10)6-8/h4-5H,3H2,1-2H3. The molecule has 0 aliphatic heterocycles. The van der Waals surface area contributed by atoms with Gasteiger partial charge in [-0.15, -0.1) is 0 Å². The first-order valence-electron chi connectivity index (χ1n) is 3.40. The maximum Gasteiger partial charge on any atom is 0.0490 e. The molecule has 1 aromatic rings. The predicted molar refractivity (Wildman–Crippen MR) is 44.4 cm³/mol. The zero-order chi connectivity index (χ0) is 7.56. The number of rotatable bonds is 1. The molecule has 53 valence electrons. The van der Waals surface area contributed by atoms with Crippen molar-refractivity contribution < 1.29 is 0 Å². The summed E-state index contributed by atoms with van der Waals surface area (Å²) in [7, 11) is 0. The monoisotopic (exact) mass is 153 g/mol. The summed E-state index contributed by atoms with van der Waals surface area (Å²) in [6.07, 6.45) is 1.00. The van der Waals surface area contributed by atoms with Crippen LogP contribution in [0.1, 0.15) is 18.1 Å². The van der Waals surface area contributed by atoms with Crippen LogP contribution in [-0.4, -0.2) is 0 Å².